The van der Waals surface area contributed by atoms with Crippen molar-refractivity contribution in [2.45, 2.75) is 19.4 Å². The smallest absolute Gasteiger partial charge is 0.269 e. The summed E-state index contributed by atoms with van der Waals surface area (Å²) >= 11 is 0. The molecule has 1 fully saturated rings. The standard InChI is InChI=1S/C26H30N6O6/c1-36-21-13-19(14-22(37-2)24(21)38-3)29-26-27-10-9-23(30-26)31-11-5-7-18(16-31)25(33)28-15-17-6-4-8-20(12-17)32(34)35/h4,6,8-10,12-14,18H,5,7,11,15-16H2,1-3H3,(H,28,33)(H,27,29,30)/t18-/m0/s1. The second-order valence-electron chi connectivity index (χ2n) is 8.71. The number of amides is 1. The van der Waals surface area contributed by atoms with Crippen LogP contribution in [0.25, 0.3) is 0 Å². The van der Waals surface area contributed by atoms with Crippen molar-refractivity contribution < 1.29 is 23.9 Å². The Morgan fingerprint density at radius 2 is 1.89 bits per heavy atom. The first-order valence-electron chi connectivity index (χ1n) is 12.1. The van der Waals surface area contributed by atoms with Crippen LogP contribution in [0.3, 0.4) is 0 Å². The van der Waals surface area contributed by atoms with E-state index in [1.807, 2.05) is 6.07 Å². The van der Waals surface area contributed by atoms with Gasteiger partial charge in [-0.3, -0.25) is 14.9 Å². The van der Waals surface area contributed by atoms with Gasteiger partial charge in [-0.05, 0) is 24.5 Å². The highest BCUT2D eigenvalue weighted by atomic mass is 16.6. The maximum absolute atomic E-state index is 12.9. The van der Waals surface area contributed by atoms with Crippen molar-refractivity contribution in [3.63, 3.8) is 0 Å². The first-order valence-corrected chi connectivity index (χ1v) is 12.1. The molecule has 4 rings (SSSR count). The zero-order valence-electron chi connectivity index (χ0n) is 21.5. The highest BCUT2D eigenvalue weighted by molar-refractivity contribution is 5.79. The van der Waals surface area contributed by atoms with Crippen molar-refractivity contribution >= 4 is 29.0 Å². The highest BCUT2D eigenvalue weighted by Crippen LogP contribution is 2.40. The molecule has 200 valence electrons. The van der Waals surface area contributed by atoms with Crippen LogP contribution in [0.15, 0.2) is 48.7 Å². The predicted octanol–water partition coefficient (Wildman–Crippen LogP) is 3.69. The average Bonchev–Trinajstić information content (AvgIpc) is 2.95. The van der Waals surface area contributed by atoms with Crippen LogP contribution in [-0.2, 0) is 11.3 Å². The molecule has 2 N–H and O–H groups in total. The molecule has 38 heavy (non-hydrogen) atoms. The molecule has 0 bridgehead atoms. The number of carbonyl (C=O) groups is 1. The number of rotatable bonds is 10. The van der Waals surface area contributed by atoms with E-state index in [9.17, 15) is 14.9 Å². The highest BCUT2D eigenvalue weighted by Gasteiger charge is 2.27. The van der Waals surface area contributed by atoms with Crippen LogP contribution in [0.4, 0.5) is 23.1 Å². The van der Waals surface area contributed by atoms with Gasteiger partial charge in [0.05, 0.1) is 32.2 Å². The first-order chi connectivity index (χ1) is 18.4. The summed E-state index contributed by atoms with van der Waals surface area (Å²) in [7, 11) is 4.63. The summed E-state index contributed by atoms with van der Waals surface area (Å²) in [6.45, 7) is 1.49. The minimum Gasteiger partial charge on any atom is -0.493 e. The van der Waals surface area contributed by atoms with Gasteiger partial charge in [-0.1, -0.05) is 12.1 Å². The number of nitro benzene ring substituents is 1. The molecule has 0 radical (unpaired) electrons. The van der Waals surface area contributed by atoms with E-state index >= 15 is 0 Å². The summed E-state index contributed by atoms with van der Waals surface area (Å²) < 4.78 is 16.2. The minimum atomic E-state index is -0.448. The maximum atomic E-state index is 12.9. The van der Waals surface area contributed by atoms with E-state index in [1.54, 1.807) is 51.8 Å². The number of hydrogen-bond donors (Lipinski definition) is 2. The van der Waals surface area contributed by atoms with Crippen molar-refractivity contribution in [1.82, 2.24) is 15.3 Å². The van der Waals surface area contributed by atoms with Crippen LogP contribution in [0.5, 0.6) is 17.2 Å². The number of benzene rings is 2. The van der Waals surface area contributed by atoms with Gasteiger partial charge in [0.2, 0.25) is 17.6 Å². The van der Waals surface area contributed by atoms with Crippen LogP contribution in [0.2, 0.25) is 0 Å². The van der Waals surface area contributed by atoms with Gasteiger partial charge < -0.3 is 29.7 Å². The van der Waals surface area contributed by atoms with Gasteiger partial charge in [0.15, 0.2) is 11.5 Å². The molecule has 0 saturated carbocycles. The Hall–Kier alpha value is -4.61. The number of carbonyl (C=O) groups excluding carboxylic acids is 1. The number of piperidine rings is 1. The number of aromatic nitrogens is 2. The van der Waals surface area contributed by atoms with E-state index in [0.717, 1.165) is 19.4 Å². The average molecular weight is 523 g/mol. The summed E-state index contributed by atoms with van der Waals surface area (Å²) in [5, 5.41) is 17.1. The van der Waals surface area contributed by atoms with Crippen molar-refractivity contribution in [3.8, 4) is 17.2 Å². The van der Waals surface area contributed by atoms with Crippen molar-refractivity contribution in [2.24, 2.45) is 5.92 Å². The molecular formula is C26H30N6O6. The fourth-order valence-corrected chi connectivity index (χ4v) is 4.38. The normalized spacial score (nSPS) is 14.9. The summed E-state index contributed by atoms with van der Waals surface area (Å²) in [4.78, 5) is 34.5. The van der Waals surface area contributed by atoms with Gasteiger partial charge in [0.25, 0.3) is 5.69 Å². The predicted molar refractivity (Wildman–Crippen MR) is 141 cm³/mol. The van der Waals surface area contributed by atoms with E-state index in [1.165, 1.54) is 12.1 Å². The third-order valence-corrected chi connectivity index (χ3v) is 6.27. The molecule has 12 nitrogen and oxygen atoms in total. The Kier molecular flexibility index (Phi) is 8.41. The molecule has 2 heterocycles. The molecule has 2 aromatic carbocycles. The Bertz CT molecular complexity index is 1280. The Morgan fingerprint density at radius 1 is 1.13 bits per heavy atom. The molecule has 0 aliphatic carbocycles. The molecule has 1 aliphatic heterocycles. The molecule has 1 atom stereocenters. The molecule has 1 amide bonds. The fourth-order valence-electron chi connectivity index (χ4n) is 4.38. The lowest BCUT2D eigenvalue weighted by atomic mass is 9.97. The van der Waals surface area contributed by atoms with E-state index in [4.69, 9.17) is 14.2 Å². The fraction of sp³-hybridized carbons (Fsp3) is 0.346. The summed E-state index contributed by atoms with van der Waals surface area (Å²) in [6, 6.07) is 11.6. The van der Waals surface area contributed by atoms with Crippen molar-refractivity contribution in [3.05, 3.63) is 64.3 Å². The van der Waals surface area contributed by atoms with Gasteiger partial charge in [0.1, 0.15) is 5.82 Å². The van der Waals surface area contributed by atoms with Gasteiger partial charge in [-0.25, -0.2) is 4.98 Å². The van der Waals surface area contributed by atoms with Gasteiger partial charge in [-0.2, -0.15) is 4.98 Å². The Labute approximate surface area is 220 Å². The molecule has 1 saturated heterocycles. The summed E-state index contributed by atoms with van der Waals surface area (Å²) in [5.74, 6) is 2.24. The molecule has 0 spiro atoms. The molecule has 12 heteroatoms. The molecule has 1 aromatic heterocycles. The van der Waals surface area contributed by atoms with Gasteiger partial charge >= 0.3 is 0 Å². The zero-order chi connectivity index (χ0) is 27.1. The minimum absolute atomic E-state index is 0.000272. The number of hydrogen-bond acceptors (Lipinski definition) is 10. The Morgan fingerprint density at radius 3 is 2.58 bits per heavy atom. The number of non-ortho nitro benzene ring substituents is 1. The van der Waals surface area contributed by atoms with Crippen LogP contribution >= 0.6 is 0 Å². The van der Waals surface area contributed by atoms with Gasteiger partial charge in [0, 0.05) is 55.8 Å². The zero-order valence-corrected chi connectivity index (χ0v) is 21.5. The van der Waals surface area contributed by atoms with E-state index < -0.39 is 4.92 Å². The monoisotopic (exact) mass is 522 g/mol. The van der Waals surface area contributed by atoms with Crippen molar-refractivity contribution in [2.75, 3.05) is 44.6 Å². The molecule has 1 aliphatic rings. The second kappa shape index (κ2) is 12.1. The number of nitro groups is 1. The van der Waals surface area contributed by atoms with Gasteiger partial charge in [-0.15, -0.1) is 0 Å². The number of nitrogens with zero attached hydrogens (tertiary/aromatic N) is 4. The number of anilines is 3. The number of nitrogens with one attached hydrogen (secondary N) is 2. The van der Waals surface area contributed by atoms with Crippen LogP contribution in [0.1, 0.15) is 18.4 Å². The topological polar surface area (TPSA) is 141 Å². The van der Waals surface area contributed by atoms with E-state index in [2.05, 4.69) is 25.5 Å². The van der Waals surface area contributed by atoms with Crippen molar-refractivity contribution in [1.29, 1.82) is 0 Å². The van der Waals surface area contributed by atoms with Crippen LogP contribution < -0.4 is 29.7 Å². The Balaban J connectivity index is 1.42. The number of ether oxygens (including phenoxy) is 3. The van der Waals surface area contributed by atoms with Crippen LogP contribution in [0, 0.1) is 16.0 Å². The second-order valence-corrected chi connectivity index (χ2v) is 8.71. The lowest BCUT2D eigenvalue weighted by Crippen LogP contribution is -2.43. The molecular weight excluding hydrogens is 492 g/mol. The third-order valence-electron chi connectivity index (χ3n) is 6.27. The summed E-state index contributed by atoms with van der Waals surface area (Å²) in [6.07, 6.45) is 3.24. The first kappa shape index (κ1) is 26.5. The van der Waals surface area contributed by atoms with E-state index in [0.29, 0.717) is 46.8 Å². The molecule has 0 unspecified atom stereocenters. The molecule has 3 aromatic rings. The quantitative estimate of drug-likeness (QED) is 0.299. The number of methoxy groups -OCH3 is 3. The SMILES string of the molecule is COc1cc(Nc2nccc(N3CCC[C@H](C(=O)NCc4cccc([N+](=O)[O-])c4)C3)n2)cc(OC)c1OC. The third kappa shape index (κ3) is 6.20. The van der Waals surface area contributed by atoms with E-state index in [-0.39, 0.29) is 24.1 Å². The largest absolute Gasteiger partial charge is 0.493 e. The van der Waals surface area contributed by atoms with Crippen LogP contribution in [-0.4, -0.2) is 55.2 Å². The maximum Gasteiger partial charge on any atom is 0.269 e. The lowest BCUT2D eigenvalue weighted by Gasteiger charge is -2.33. The summed E-state index contributed by atoms with van der Waals surface area (Å²) in [5.41, 5.74) is 1.34. The lowest BCUT2D eigenvalue weighted by molar-refractivity contribution is -0.384.